The van der Waals surface area contributed by atoms with Gasteiger partial charge in [0.1, 0.15) is 0 Å². The van der Waals surface area contributed by atoms with Crippen molar-refractivity contribution in [1.82, 2.24) is 22.8 Å². The van der Waals surface area contributed by atoms with Crippen LogP contribution in [-0.2, 0) is 0 Å². The third kappa shape index (κ3) is 4.82. The van der Waals surface area contributed by atoms with Crippen LogP contribution in [-0.4, -0.2) is 22.8 Å². The van der Waals surface area contributed by atoms with E-state index in [-0.39, 0.29) is 0 Å². The fourth-order valence-electron chi connectivity index (χ4n) is 10.6. The largest absolute Gasteiger partial charge is 0.316 e. The second-order valence-electron chi connectivity index (χ2n) is 16.6. The molecule has 0 saturated heterocycles. The van der Waals surface area contributed by atoms with Crippen molar-refractivity contribution in [3.8, 4) is 28.4 Å². The number of hydrogen-bond donors (Lipinski definition) is 0. The first-order valence-electron chi connectivity index (χ1n) is 21.6. The molecule has 0 aliphatic carbocycles. The van der Waals surface area contributed by atoms with Gasteiger partial charge in [0.25, 0.3) is 0 Å². The van der Waals surface area contributed by atoms with E-state index < -0.39 is 0 Å². The van der Waals surface area contributed by atoms with E-state index in [9.17, 15) is 0 Å². The fourth-order valence-corrected chi connectivity index (χ4v) is 10.6. The lowest BCUT2D eigenvalue weighted by Gasteiger charge is -2.13. The number of fused-ring (bicyclic) bond motifs is 13. The number of para-hydroxylation sites is 5. The molecule has 0 radical (unpaired) electrons. The smallest absolute Gasteiger partial charge is 0.0635 e. The molecule has 294 valence electrons. The lowest BCUT2D eigenvalue weighted by Crippen LogP contribution is -1.98. The molecule has 5 aromatic heterocycles. The number of nitrogens with zero attached hydrogens (tertiary/aromatic N) is 5. The molecule has 0 aliphatic heterocycles. The first-order valence-corrected chi connectivity index (χ1v) is 21.6. The summed E-state index contributed by atoms with van der Waals surface area (Å²) in [5.41, 5.74) is 15.2. The van der Waals surface area contributed by atoms with Crippen LogP contribution in [0.25, 0.3) is 116 Å². The van der Waals surface area contributed by atoms with Crippen molar-refractivity contribution in [2.75, 3.05) is 0 Å². The SMILES string of the molecule is c1ccc(-n2ccc3c2ccc2c4ccccc4n(-c4ccc5c6ccc(-n7c8ccccc8c8ccc9c(ccn9-c9ccccc9)c87)cc6n(-c6ccccc6)c5c4)c23)cc1. The zero-order valence-corrected chi connectivity index (χ0v) is 34.1. The molecule has 9 aromatic carbocycles. The fraction of sp³-hybridized carbons (Fsp3) is 0. The van der Waals surface area contributed by atoms with E-state index in [0.717, 1.165) is 39.5 Å². The molecular formula is C58H37N5. The van der Waals surface area contributed by atoms with Crippen LogP contribution in [0.4, 0.5) is 0 Å². The van der Waals surface area contributed by atoms with Gasteiger partial charge in [-0.05, 0) is 97.1 Å². The summed E-state index contributed by atoms with van der Waals surface area (Å²) in [7, 11) is 0. The van der Waals surface area contributed by atoms with E-state index in [1.54, 1.807) is 0 Å². The Balaban J connectivity index is 1.04. The monoisotopic (exact) mass is 803 g/mol. The summed E-state index contributed by atoms with van der Waals surface area (Å²) < 4.78 is 12.0. The summed E-state index contributed by atoms with van der Waals surface area (Å²) in [5, 5.41) is 9.86. The van der Waals surface area contributed by atoms with Gasteiger partial charge in [-0.15, -0.1) is 0 Å². The van der Waals surface area contributed by atoms with E-state index in [2.05, 4.69) is 248 Å². The van der Waals surface area contributed by atoms with Gasteiger partial charge in [-0.25, -0.2) is 0 Å². The third-order valence-electron chi connectivity index (χ3n) is 13.3. The molecular weight excluding hydrogens is 767 g/mol. The van der Waals surface area contributed by atoms with Gasteiger partial charge in [0, 0.05) is 83.9 Å². The van der Waals surface area contributed by atoms with Gasteiger partial charge in [0.15, 0.2) is 0 Å². The number of hydrogen-bond acceptors (Lipinski definition) is 0. The van der Waals surface area contributed by atoms with Gasteiger partial charge in [-0.3, -0.25) is 0 Å². The highest BCUT2D eigenvalue weighted by atomic mass is 15.0. The molecule has 0 atom stereocenters. The van der Waals surface area contributed by atoms with Crippen molar-refractivity contribution in [2.45, 2.75) is 0 Å². The number of rotatable bonds is 5. The molecule has 5 nitrogen and oxygen atoms in total. The molecule has 5 heterocycles. The zero-order valence-electron chi connectivity index (χ0n) is 34.1. The molecule has 63 heavy (non-hydrogen) atoms. The van der Waals surface area contributed by atoms with Crippen LogP contribution in [0, 0.1) is 0 Å². The first kappa shape index (κ1) is 34.2. The molecule has 0 saturated carbocycles. The molecule has 0 amide bonds. The Labute approximate surface area is 361 Å². The van der Waals surface area contributed by atoms with Gasteiger partial charge in [-0.2, -0.15) is 0 Å². The average molecular weight is 804 g/mol. The van der Waals surface area contributed by atoms with Crippen molar-refractivity contribution in [2.24, 2.45) is 0 Å². The summed E-state index contributed by atoms with van der Waals surface area (Å²) >= 11 is 0. The lowest BCUT2D eigenvalue weighted by atomic mass is 10.1. The molecule has 14 aromatic rings. The van der Waals surface area contributed by atoms with Crippen molar-refractivity contribution >= 4 is 87.2 Å². The Morgan fingerprint density at radius 2 is 0.587 bits per heavy atom. The van der Waals surface area contributed by atoms with Gasteiger partial charge in [-0.1, -0.05) is 115 Å². The van der Waals surface area contributed by atoms with Gasteiger partial charge in [0.05, 0.1) is 44.1 Å². The van der Waals surface area contributed by atoms with Crippen LogP contribution in [0.2, 0.25) is 0 Å². The second-order valence-corrected chi connectivity index (χ2v) is 16.6. The zero-order chi connectivity index (χ0) is 41.2. The van der Waals surface area contributed by atoms with E-state index >= 15 is 0 Å². The third-order valence-corrected chi connectivity index (χ3v) is 13.3. The Morgan fingerprint density at radius 3 is 1.05 bits per heavy atom. The minimum Gasteiger partial charge on any atom is -0.316 e. The van der Waals surface area contributed by atoms with E-state index in [4.69, 9.17) is 0 Å². The highest BCUT2D eigenvalue weighted by Gasteiger charge is 2.22. The lowest BCUT2D eigenvalue weighted by molar-refractivity contribution is 1.13. The topological polar surface area (TPSA) is 24.6 Å². The van der Waals surface area contributed by atoms with Crippen LogP contribution in [0.1, 0.15) is 0 Å². The molecule has 0 bridgehead atoms. The maximum atomic E-state index is 2.48. The summed E-state index contributed by atoms with van der Waals surface area (Å²) in [6.07, 6.45) is 4.41. The first-order chi connectivity index (χ1) is 31.3. The number of aromatic nitrogens is 5. The minimum atomic E-state index is 1.13. The molecule has 14 rings (SSSR count). The standard InChI is InChI=1S/C58H37N5/c1-4-14-38(15-5-1)59-34-32-49-51(59)30-28-47-43-20-10-12-22-53(43)62(57(47)49)41-24-26-45-46-27-25-42(37-56(46)61(55(45)36-41)40-18-8-3-9-19-40)63-54-23-13-11-21-44(54)48-29-31-52-50(58(48)63)33-35-60(52)39-16-6-2-7-17-39/h1-37H. The summed E-state index contributed by atoms with van der Waals surface area (Å²) in [4.78, 5) is 0. The quantitative estimate of drug-likeness (QED) is 0.166. The van der Waals surface area contributed by atoms with Gasteiger partial charge < -0.3 is 22.8 Å². The predicted molar refractivity (Wildman–Crippen MR) is 263 cm³/mol. The van der Waals surface area contributed by atoms with Crippen molar-refractivity contribution < 1.29 is 0 Å². The van der Waals surface area contributed by atoms with Crippen LogP contribution in [0.3, 0.4) is 0 Å². The van der Waals surface area contributed by atoms with E-state index in [1.165, 1.54) is 76.2 Å². The highest BCUT2D eigenvalue weighted by molar-refractivity contribution is 6.20. The molecule has 0 N–H and O–H groups in total. The molecule has 0 unspecified atom stereocenters. The van der Waals surface area contributed by atoms with E-state index in [0.29, 0.717) is 0 Å². The Morgan fingerprint density at radius 1 is 0.206 bits per heavy atom. The Bertz CT molecular complexity index is 3870. The van der Waals surface area contributed by atoms with E-state index in [1.807, 2.05) is 0 Å². The normalized spacial score (nSPS) is 12.1. The van der Waals surface area contributed by atoms with Gasteiger partial charge in [0.2, 0.25) is 0 Å². The predicted octanol–water partition coefficient (Wildman–Crippen LogP) is 14.9. The molecule has 0 spiro atoms. The van der Waals surface area contributed by atoms with Crippen LogP contribution >= 0.6 is 0 Å². The van der Waals surface area contributed by atoms with Gasteiger partial charge >= 0.3 is 0 Å². The summed E-state index contributed by atoms with van der Waals surface area (Å²) in [6, 6.07) is 77.5. The second kappa shape index (κ2) is 13.0. The molecule has 5 heteroatoms. The maximum Gasteiger partial charge on any atom is 0.0635 e. The maximum absolute atomic E-state index is 2.48. The van der Waals surface area contributed by atoms with Crippen molar-refractivity contribution in [1.29, 1.82) is 0 Å². The highest BCUT2D eigenvalue weighted by Crippen LogP contribution is 2.42. The van der Waals surface area contributed by atoms with Crippen molar-refractivity contribution in [3.63, 3.8) is 0 Å². The Hall–Kier alpha value is -8.54. The Kier molecular flexibility index (Phi) is 7.05. The molecule has 0 aliphatic rings. The molecule has 0 fully saturated rings. The number of benzene rings is 9. The summed E-state index contributed by atoms with van der Waals surface area (Å²) in [5.74, 6) is 0. The summed E-state index contributed by atoms with van der Waals surface area (Å²) in [6.45, 7) is 0. The van der Waals surface area contributed by atoms with Crippen LogP contribution in [0.15, 0.2) is 225 Å². The van der Waals surface area contributed by atoms with Crippen LogP contribution < -0.4 is 0 Å². The van der Waals surface area contributed by atoms with Crippen LogP contribution in [0.5, 0.6) is 0 Å². The minimum absolute atomic E-state index is 1.13. The average Bonchev–Trinajstić information content (AvgIpc) is 4.17. The van der Waals surface area contributed by atoms with Crippen molar-refractivity contribution in [3.05, 3.63) is 225 Å².